The fourth-order valence-electron chi connectivity index (χ4n) is 3.16. The van der Waals surface area contributed by atoms with Gasteiger partial charge in [0.15, 0.2) is 13.2 Å². The quantitative estimate of drug-likeness (QED) is 0.768. The van der Waals surface area contributed by atoms with Crippen LogP contribution in [-0.4, -0.2) is 25.0 Å². The molecule has 1 aliphatic rings. The first-order chi connectivity index (χ1) is 13.0. The topological polar surface area (TPSA) is 76.7 Å². The Labute approximate surface area is 158 Å². The van der Waals surface area contributed by atoms with Gasteiger partial charge >= 0.3 is 0 Å². The normalized spacial score (nSPS) is 12.2. The van der Waals surface area contributed by atoms with Crippen molar-refractivity contribution in [2.75, 3.05) is 13.2 Å². The number of carbonyl (C=O) groups is 2. The van der Waals surface area contributed by atoms with E-state index in [-0.39, 0.29) is 13.2 Å². The van der Waals surface area contributed by atoms with Crippen LogP contribution in [0.4, 0.5) is 0 Å². The van der Waals surface area contributed by atoms with Crippen LogP contribution < -0.4 is 20.3 Å². The second-order valence-corrected chi connectivity index (χ2v) is 6.68. The molecule has 142 valence electrons. The maximum atomic E-state index is 11.9. The Morgan fingerprint density at radius 1 is 0.889 bits per heavy atom. The van der Waals surface area contributed by atoms with Crippen LogP contribution in [0.3, 0.4) is 0 Å². The van der Waals surface area contributed by atoms with Gasteiger partial charge in [0, 0.05) is 0 Å². The lowest BCUT2D eigenvalue weighted by Crippen LogP contribution is -2.45. The fourth-order valence-corrected chi connectivity index (χ4v) is 3.16. The zero-order valence-corrected chi connectivity index (χ0v) is 15.6. The highest BCUT2D eigenvalue weighted by atomic mass is 16.5. The van der Waals surface area contributed by atoms with Gasteiger partial charge in [-0.1, -0.05) is 24.3 Å². The summed E-state index contributed by atoms with van der Waals surface area (Å²) in [5.74, 6) is 0.467. The Bertz CT molecular complexity index is 828. The number of nitrogens with one attached hydrogen (secondary N) is 2. The smallest absolute Gasteiger partial charge is 0.276 e. The molecule has 0 spiro atoms. The maximum absolute atomic E-state index is 11.9. The summed E-state index contributed by atoms with van der Waals surface area (Å²) in [4.78, 5) is 23.7. The lowest BCUT2D eigenvalue weighted by molar-refractivity contribution is -0.131. The Morgan fingerprint density at radius 2 is 1.52 bits per heavy atom. The number of rotatable bonds is 6. The monoisotopic (exact) mass is 368 g/mol. The second-order valence-electron chi connectivity index (χ2n) is 6.68. The van der Waals surface area contributed by atoms with Crippen molar-refractivity contribution in [1.29, 1.82) is 0 Å². The van der Waals surface area contributed by atoms with Gasteiger partial charge in [0.1, 0.15) is 11.5 Å². The van der Waals surface area contributed by atoms with E-state index in [0.29, 0.717) is 11.5 Å². The van der Waals surface area contributed by atoms with E-state index in [4.69, 9.17) is 9.47 Å². The lowest BCUT2D eigenvalue weighted by atomic mass is 10.1. The predicted molar refractivity (Wildman–Crippen MR) is 102 cm³/mol. The SMILES string of the molecule is Cc1cccc(C)c1OCC(=O)NNC(=O)COc1ccc2c(c1)CCC2. The largest absolute Gasteiger partial charge is 0.484 e. The minimum atomic E-state index is -0.441. The number of hydrogen-bond donors (Lipinski definition) is 2. The van der Waals surface area contributed by atoms with Gasteiger partial charge in [0.25, 0.3) is 11.8 Å². The van der Waals surface area contributed by atoms with E-state index >= 15 is 0 Å². The molecular formula is C21H24N2O4. The molecule has 3 rings (SSSR count). The van der Waals surface area contributed by atoms with Crippen molar-refractivity contribution in [2.45, 2.75) is 33.1 Å². The summed E-state index contributed by atoms with van der Waals surface area (Å²) in [6.45, 7) is 3.48. The van der Waals surface area contributed by atoms with Crippen LogP contribution in [0.15, 0.2) is 36.4 Å². The van der Waals surface area contributed by atoms with Crippen LogP contribution in [0.5, 0.6) is 11.5 Å². The summed E-state index contributed by atoms with van der Waals surface area (Å²) in [6.07, 6.45) is 3.32. The van der Waals surface area contributed by atoms with Crippen molar-refractivity contribution in [3.05, 3.63) is 58.7 Å². The minimum Gasteiger partial charge on any atom is -0.484 e. The second kappa shape index (κ2) is 8.58. The summed E-state index contributed by atoms with van der Waals surface area (Å²) < 4.78 is 11.0. The predicted octanol–water partition coefficient (Wildman–Crippen LogP) is 2.40. The summed E-state index contributed by atoms with van der Waals surface area (Å²) in [6, 6.07) is 11.7. The summed E-state index contributed by atoms with van der Waals surface area (Å²) >= 11 is 0. The standard InChI is InChI=1S/C21H24N2O4/c1-14-5-3-6-15(2)21(14)27-13-20(25)23-22-19(24)12-26-18-10-9-16-7-4-8-17(16)11-18/h3,5-6,9-11H,4,7-8,12-13H2,1-2H3,(H,22,24)(H,23,25). The number of fused-ring (bicyclic) bond motifs is 1. The van der Waals surface area contributed by atoms with E-state index in [1.165, 1.54) is 11.1 Å². The molecule has 0 atom stereocenters. The van der Waals surface area contributed by atoms with E-state index in [1.54, 1.807) is 0 Å². The molecule has 6 nitrogen and oxygen atoms in total. The van der Waals surface area contributed by atoms with E-state index in [0.717, 1.165) is 30.4 Å². The average Bonchev–Trinajstić information content (AvgIpc) is 3.12. The van der Waals surface area contributed by atoms with Gasteiger partial charge in [-0.15, -0.1) is 0 Å². The summed E-state index contributed by atoms with van der Waals surface area (Å²) in [7, 11) is 0. The fraction of sp³-hybridized carbons (Fsp3) is 0.333. The van der Waals surface area contributed by atoms with E-state index in [2.05, 4.69) is 10.9 Å². The Balaban J connectivity index is 1.39. The first kappa shape index (κ1) is 18.8. The number of carbonyl (C=O) groups excluding carboxylic acids is 2. The molecule has 2 N–H and O–H groups in total. The molecule has 0 bridgehead atoms. The van der Waals surface area contributed by atoms with Crippen LogP contribution in [0.2, 0.25) is 0 Å². The van der Waals surface area contributed by atoms with Crippen LogP contribution in [0.1, 0.15) is 28.7 Å². The molecule has 0 heterocycles. The molecular weight excluding hydrogens is 344 g/mol. The van der Waals surface area contributed by atoms with Crippen LogP contribution in [-0.2, 0) is 22.4 Å². The number of amides is 2. The molecule has 0 saturated carbocycles. The zero-order valence-electron chi connectivity index (χ0n) is 15.6. The number of para-hydroxylation sites is 1. The number of hydrazine groups is 1. The van der Waals surface area contributed by atoms with Crippen molar-refractivity contribution < 1.29 is 19.1 Å². The molecule has 2 aromatic carbocycles. The Hall–Kier alpha value is -3.02. The highest BCUT2D eigenvalue weighted by Crippen LogP contribution is 2.26. The average molecular weight is 368 g/mol. The highest BCUT2D eigenvalue weighted by Gasteiger charge is 2.12. The molecule has 2 aromatic rings. The highest BCUT2D eigenvalue weighted by molar-refractivity contribution is 5.83. The Morgan fingerprint density at radius 3 is 2.22 bits per heavy atom. The van der Waals surface area contributed by atoms with Crippen molar-refractivity contribution in [2.24, 2.45) is 0 Å². The minimum absolute atomic E-state index is 0.170. The van der Waals surface area contributed by atoms with Gasteiger partial charge in [-0.05, 0) is 67.5 Å². The van der Waals surface area contributed by atoms with Crippen LogP contribution >= 0.6 is 0 Å². The van der Waals surface area contributed by atoms with E-state index in [9.17, 15) is 9.59 Å². The summed E-state index contributed by atoms with van der Waals surface area (Å²) in [5.41, 5.74) is 9.19. The Kier molecular flexibility index (Phi) is 5.96. The van der Waals surface area contributed by atoms with Gasteiger partial charge < -0.3 is 9.47 Å². The van der Waals surface area contributed by atoms with Crippen molar-refractivity contribution >= 4 is 11.8 Å². The van der Waals surface area contributed by atoms with Crippen molar-refractivity contribution in [1.82, 2.24) is 10.9 Å². The maximum Gasteiger partial charge on any atom is 0.276 e. The third-order valence-electron chi connectivity index (χ3n) is 4.54. The number of aryl methyl sites for hydroxylation is 4. The third kappa shape index (κ3) is 5.00. The van der Waals surface area contributed by atoms with Gasteiger partial charge in [-0.2, -0.15) is 0 Å². The van der Waals surface area contributed by atoms with Gasteiger partial charge in [0.05, 0.1) is 0 Å². The molecule has 0 aliphatic heterocycles. The molecule has 0 aromatic heterocycles. The van der Waals surface area contributed by atoms with E-state index in [1.807, 2.05) is 50.2 Å². The first-order valence-electron chi connectivity index (χ1n) is 9.04. The van der Waals surface area contributed by atoms with Crippen molar-refractivity contribution in [3.63, 3.8) is 0 Å². The molecule has 1 aliphatic carbocycles. The summed E-state index contributed by atoms with van der Waals surface area (Å²) in [5, 5.41) is 0. The molecule has 0 saturated heterocycles. The van der Waals surface area contributed by atoms with Gasteiger partial charge in [-0.25, -0.2) is 0 Å². The molecule has 27 heavy (non-hydrogen) atoms. The molecule has 6 heteroatoms. The molecule has 0 unspecified atom stereocenters. The van der Waals surface area contributed by atoms with Gasteiger partial charge in [-0.3, -0.25) is 20.4 Å². The molecule has 0 radical (unpaired) electrons. The third-order valence-corrected chi connectivity index (χ3v) is 4.54. The molecule has 0 fully saturated rings. The number of benzene rings is 2. The van der Waals surface area contributed by atoms with Crippen LogP contribution in [0, 0.1) is 13.8 Å². The molecule has 2 amide bonds. The lowest BCUT2D eigenvalue weighted by Gasteiger charge is -2.12. The van der Waals surface area contributed by atoms with Crippen molar-refractivity contribution in [3.8, 4) is 11.5 Å². The van der Waals surface area contributed by atoms with Gasteiger partial charge in [0.2, 0.25) is 0 Å². The zero-order chi connectivity index (χ0) is 19.2. The van der Waals surface area contributed by atoms with Crippen LogP contribution in [0.25, 0.3) is 0 Å². The number of ether oxygens (including phenoxy) is 2. The van der Waals surface area contributed by atoms with E-state index < -0.39 is 11.8 Å². The first-order valence-corrected chi connectivity index (χ1v) is 9.04. The number of hydrogen-bond acceptors (Lipinski definition) is 4.